The second-order valence-electron chi connectivity index (χ2n) is 7.16. The van der Waals surface area contributed by atoms with Gasteiger partial charge in [0, 0.05) is 0 Å². The zero-order valence-electron chi connectivity index (χ0n) is 16.7. The number of benzene rings is 2. The first kappa shape index (κ1) is 19.3. The molecule has 0 saturated carbocycles. The predicted molar refractivity (Wildman–Crippen MR) is 113 cm³/mol. The topological polar surface area (TPSA) is 46.9 Å². The highest BCUT2D eigenvalue weighted by molar-refractivity contribution is 5.77. The van der Waals surface area contributed by atoms with Gasteiger partial charge in [-0.3, -0.25) is 9.36 Å². The Morgan fingerprint density at radius 1 is 1.07 bits per heavy atom. The number of aromatic nitrogens is 2. The Bertz CT molecular complexity index is 991. The molecule has 27 heavy (non-hydrogen) atoms. The average molecular weight is 364 g/mol. The first-order valence-electron chi connectivity index (χ1n) is 9.89. The number of fused-ring (bicyclic) bond motifs is 1. The fraction of sp³-hybridized carbons (Fsp3) is 0.391. The van der Waals surface area contributed by atoms with Crippen LogP contribution in [-0.2, 0) is 0 Å². The van der Waals surface area contributed by atoms with Gasteiger partial charge >= 0.3 is 0 Å². The van der Waals surface area contributed by atoms with E-state index in [2.05, 4.69) is 45.1 Å². The molecule has 3 aromatic rings. The zero-order chi connectivity index (χ0) is 19.4. The van der Waals surface area contributed by atoms with Crippen LogP contribution in [0.3, 0.4) is 0 Å². The number of hydrogen-bond donors (Lipinski definition) is 1. The van der Waals surface area contributed by atoms with Gasteiger partial charge in [0.15, 0.2) is 0 Å². The lowest BCUT2D eigenvalue weighted by atomic mass is 10.1. The molecule has 0 fully saturated rings. The summed E-state index contributed by atoms with van der Waals surface area (Å²) in [5.74, 6) is 0.792. The Hall–Kier alpha value is -2.46. The number of unbranched alkanes of at least 4 members (excludes halogenated alkanes) is 1. The van der Waals surface area contributed by atoms with E-state index in [9.17, 15) is 4.79 Å². The molecule has 0 aliphatic carbocycles. The van der Waals surface area contributed by atoms with Crippen LogP contribution in [0.4, 0.5) is 0 Å². The van der Waals surface area contributed by atoms with E-state index in [0.717, 1.165) is 42.8 Å². The molecule has 0 spiro atoms. The number of rotatable bonds is 7. The van der Waals surface area contributed by atoms with Gasteiger partial charge in [-0.1, -0.05) is 38.5 Å². The molecule has 0 radical (unpaired) electrons. The summed E-state index contributed by atoms with van der Waals surface area (Å²) in [6.07, 6.45) is 3.12. The molecule has 0 aliphatic rings. The van der Waals surface area contributed by atoms with Crippen LogP contribution < -0.4 is 10.9 Å². The summed E-state index contributed by atoms with van der Waals surface area (Å²) in [7, 11) is 0. The lowest BCUT2D eigenvalue weighted by Gasteiger charge is -2.22. The van der Waals surface area contributed by atoms with Gasteiger partial charge in [-0.05, 0) is 68.6 Å². The third-order valence-electron chi connectivity index (χ3n) is 5.19. The van der Waals surface area contributed by atoms with Crippen LogP contribution in [0.15, 0.2) is 47.3 Å². The minimum Gasteiger partial charge on any atom is -0.307 e. The molecule has 1 aromatic heterocycles. The van der Waals surface area contributed by atoms with Crippen molar-refractivity contribution in [3.63, 3.8) is 0 Å². The van der Waals surface area contributed by atoms with Crippen molar-refractivity contribution < 1.29 is 0 Å². The molecule has 1 atom stereocenters. The molecular weight excluding hydrogens is 334 g/mol. The fourth-order valence-electron chi connectivity index (χ4n) is 3.37. The van der Waals surface area contributed by atoms with E-state index in [1.807, 2.05) is 30.3 Å². The van der Waals surface area contributed by atoms with Gasteiger partial charge in [0.1, 0.15) is 5.82 Å². The highest BCUT2D eigenvalue weighted by Gasteiger charge is 2.19. The normalized spacial score (nSPS) is 12.4. The van der Waals surface area contributed by atoms with E-state index in [-0.39, 0.29) is 11.6 Å². The van der Waals surface area contributed by atoms with Crippen molar-refractivity contribution >= 4 is 10.9 Å². The molecule has 2 aromatic carbocycles. The van der Waals surface area contributed by atoms with Crippen LogP contribution in [0.2, 0.25) is 0 Å². The van der Waals surface area contributed by atoms with Gasteiger partial charge in [0.2, 0.25) is 0 Å². The van der Waals surface area contributed by atoms with Crippen LogP contribution in [0.5, 0.6) is 0 Å². The van der Waals surface area contributed by atoms with Crippen molar-refractivity contribution in [1.82, 2.24) is 14.9 Å². The standard InChI is InChI=1S/C23H29N3O/c1-5-7-14-24-20(6-2)22-25-21-11-9-8-10-19(21)23(27)26(22)18-13-12-16(3)17(4)15-18/h8-13,15,20,24H,5-7,14H2,1-4H3/t20-/m0/s1. The largest absolute Gasteiger partial charge is 0.307 e. The van der Waals surface area contributed by atoms with Gasteiger partial charge < -0.3 is 5.32 Å². The molecular formula is C23H29N3O. The van der Waals surface area contributed by atoms with Gasteiger partial charge in [-0.2, -0.15) is 0 Å². The Kier molecular flexibility index (Phi) is 6.07. The van der Waals surface area contributed by atoms with E-state index >= 15 is 0 Å². The van der Waals surface area contributed by atoms with Crippen LogP contribution in [0, 0.1) is 13.8 Å². The smallest absolute Gasteiger partial charge is 0.266 e. The monoisotopic (exact) mass is 363 g/mol. The Labute approximate surface area is 161 Å². The molecule has 1 heterocycles. The maximum absolute atomic E-state index is 13.4. The van der Waals surface area contributed by atoms with Crippen molar-refractivity contribution in [1.29, 1.82) is 0 Å². The molecule has 142 valence electrons. The van der Waals surface area contributed by atoms with Crippen molar-refractivity contribution in [2.24, 2.45) is 0 Å². The summed E-state index contributed by atoms with van der Waals surface area (Å²) in [4.78, 5) is 18.3. The Morgan fingerprint density at radius 2 is 1.85 bits per heavy atom. The summed E-state index contributed by atoms with van der Waals surface area (Å²) in [6, 6.07) is 13.8. The minimum absolute atomic E-state index is 0.00501. The molecule has 0 aliphatic heterocycles. The van der Waals surface area contributed by atoms with Gasteiger partial charge in [0.05, 0.1) is 22.6 Å². The molecule has 0 saturated heterocycles. The minimum atomic E-state index is -0.00501. The number of hydrogen-bond acceptors (Lipinski definition) is 3. The Morgan fingerprint density at radius 3 is 2.56 bits per heavy atom. The fourth-order valence-corrected chi connectivity index (χ4v) is 3.37. The predicted octanol–water partition coefficient (Wildman–Crippen LogP) is 4.84. The highest BCUT2D eigenvalue weighted by Crippen LogP contribution is 2.22. The highest BCUT2D eigenvalue weighted by atomic mass is 16.1. The zero-order valence-corrected chi connectivity index (χ0v) is 16.7. The molecule has 3 rings (SSSR count). The first-order chi connectivity index (χ1) is 13.1. The average Bonchev–Trinajstić information content (AvgIpc) is 2.68. The summed E-state index contributed by atoms with van der Waals surface area (Å²) in [5.41, 5.74) is 4.02. The maximum atomic E-state index is 13.4. The molecule has 0 unspecified atom stereocenters. The van der Waals surface area contributed by atoms with Crippen molar-refractivity contribution in [2.75, 3.05) is 6.54 Å². The first-order valence-corrected chi connectivity index (χ1v) is 9.89. The van der Waals surface area contributed by atoms with E-state index in [1.165, 1.54) is 11.1 Å². The van der Waals surface area contributed by atoms with E-state index in [1.54, 1.807) is 4.57 Å². The Balaban J connectivity index is 2.23. The lowest BCUT2D eigenvalue weighted by Crippen LogP contribution is -2.31. The SMILES string of the molecule is CCCCN[C@@H](CC)c1nc2ccccc2c(=O)n1-c1ccc(C)c(C)c1. The third-order valence-corrected chi connectivity index (χ3v) is 5.19. The molecule has 1 N–H and O–H groups in total. The van der Waals surface area contributed by atoms with Crippen molar-refractivity contribution in [3.8, 4) is 5.69 Å². The molecule has 0 amide bonds. The number of aryl methyl sites for hydroxylation is 2. The number of nitrogens with zero attached hydrogens (tertiary/aromatic N) is 2. The summed E-state index contributed by atoms with van der Waals surface area (Å²) in [6.45, 7) is 9.40. The second kappa shape index (κ2) is 8.49. The number of nitrogens with one attached hydrogen (secondary N) is 1. The molecule has 4 heteroatoms. The van der Waals surface area contributed by atoms with Crippen LogP contribution in [0.1, 0.15) is 56.1 Å². The molecule has 4 nitrogen and oxygen atoms in total. The quantitative estimate of drug-likeness (QED) is 0.611. The van der Waals surface area contributed by atoms with Crippen LogP contribution in [0.25, 0.3) is 16.6 Å². The van der Waals surface area contributed by atoms with Crippen molar-refractivity contribution in [2.45, 2.75) is 53.0 Å². The van der Waals surface area contributed by atoms with Gasteiger partial charge in [-0.15, -0.1) is 0 Å². The second-order valence-corrected chi connectivity index (χ2v) is 7.16. The number of para-hydroxylation sites is 1. The summed E-state index contributed by atoms with van der Waals surface area (Å²) < 4.78 is 1.79. The van der Waals surface area contributed by atoms with Gasteiger partial charge in [-0.25, -0.2) is 4.98 Å². The van der Waals surface area contributed by atoms with Crippen LogP contribution >= 0.6 is 0 Å². The maximum Gasteiger partial charge on any atom is 0.266 e. The van der Waals surface area contributed by atoms with Crippen molar-refractivity contribution in [3.05, 3.63) is 69.8 Å². The van der Waals surface area contributed by atoms with E-state index < -0.39 is 0 Å². The van der Waals surface area contributed by atoms with Crippen LogP contribution in [-0.4, -0.2) is 16.1 Å². The van der Waals surface area contributed by atoms with E-state index in [0.29, 0.717) is 5.39 Å². The van der Waals surface area contributed by atoms with Gasteiger partial charge in [0.25, 0.3) is 5.56 Å². The third kappa shape index (κ3) is 3.96. The van der Waals surface area contributed by atoms with E-state index in [4.69, 9.17) is 4.98 Å². The lowest BCUT2D eigenvalue weighted by molar-refractivity contribution is 0.476. The summed E-state index contributed by atoms with van der Waals surface area (Å²) in [5, 5.41) is 4.25. The molecule has 0 bridgehead atoms. The summed E-state index contributed by atoms with van der Waals surface area (Å²) >= 11 is 0.